The second kappa shape index (κ2) is 6.17. The predicted octanol–water partition coefficient (Wildman–Crippen LogP) is 3.43. The van der Waals surface area contributed by atoms with Crippen molar-refractivity contribution in [1.82, 2.24) is 0 Å². The van der Waals surface area contributed by atoms with Gasteiger partial charge in [0.05, 0.1) is 6.21 Å². The molecule has 0 radical (unpaired) electrons. The molecule has 2 aromatic carbocycles. The molecular weight excluding hydrogens is 280 g/mol. The quantitative estimate of drug-likeness (QED) is 0.670. The van der Waals surface area contributed by atoms with Crippen molar-refractivity contribution in [1.29, 1.82) is 0 Å². The summed E-state index contributed by atoms with van der Waals surface area (Å²) in [5.74, 6) is 0.485. The van der Waals surface area contributed by atoms with Crippen molar-refractivity contribution in [2.75, 3.05) is 0 Å². The van der Waals surface area contributed by atoms with E-state index in [1.54, 1.807) is 6.07 Å². The fourth-order valence-corrected chi connectivity index (χ4v) is 2.11. The van der Waals surface area contributed by atoms with Gasteiger partial charge in [0.15, 0.2) is 5.84 Å². The molecule has 1 heterocycles. The summed E-state index contributed by atoms with van der Waals surface area (Å²) < 4.78 is 0. The van der Waals surface area contributed by atoms with E-state index in [1.165, 1.54) is 18.3 Å². The van der Waals surface area contributed by atoms with Crippen molar-refractivity contribution in [3.05, 3.63) is 59.7 Å². The van der Waals surface area contributed by atoms with E-state index in [4.69, 9.17) is 0 Å². The van der Waals surface area contributed by atoms with Crippen LogP contribution in [0.1, 0.15) is 23.6 Å². The van der Waals surface area contributed by atoms with Gasteiger partial charge in [-0.25, -0.2) is 0 Å². The highest BCUT2D eigenvalue weighted by Crippen LogP contribution is 2.27. The Morgan fingerprint density at radius 3 is 2.68 bits per heavy atom. The van der Waals surface area contributed by atoms with E-state index in [0.717, 1.165) is 5.56 Å². The van der Waals surface area contributed by atoms with Gasteiger partial charge in [0.2, 0.25) is 0 Å². The Morgan fingerprint density at radius 2 is 1.91 bits per heavy atom. The smallest absolute Gasteiger partial charge is 0.175 e. The minimum atomic E-state index is -0.0563. The van der Waals surface area contributed by atoms with Gasteiger partial charge in [-0.1, -0.05) is 30.3 Å². The van der Waals surface area contributed by atoms with Crippen molar-refractivity contribution in [3.8, 4) is 11.5 Å². The molecule has 22 heavy (non-hydrogen) atoms. The summed E-state index contributed by atoms with van der Waals surface area (Å²) in [6.45, 7) is 0. The Bertz CT molecular complexity index is 754. The summed E-state index contributed by atoms with van der Waals surface area (Å²) in [5, 5.41) is 35.0. The van der Waals surface area contributed by atoms with Crippen LogP contribution in [-0.2, 0) is 0 Å². The molecule has 0 aromatic heterocycles. The van der Waals surface area contributed by atoms with Gasteiger partial charge in [-0.2, -0.15) is 10.2 Å². The molecule has 6 heteroatoms. The van der Waals surface area contributed by atoms with Crippen LogP contribution in [0.3, 0.4) is 0 Å². The first-order chi connectivity index (χ1) is 10.7. The number of hydrogen-bond donors (Lipinski definition) is 2. The number of nitrogens with zero attached hydrogens (tertiary/aromatic N) is 4. The SMILES string of the molecule is Oc1ccc(/C=N/N=C2CC(c3ccccc3)N=N2)c(O)c1. The maximum atomic E-state index is 9.63. The van der Waals surface area contributed by atoms with E-state index >= 15 is 0 Å². The summed E-state index contributed by atoms with van der Waals surface area (Å²) in [4.78, 5) is 0. The lowest BCUT2D eigenvalue weighted by Gasteiger charge is -2.02. The molecule has 0 fully saturated rings. The zero-order valence-corrected chi connectivity index (χ0v) is 11.7. The zero-order valence-electron chi connectivity index (χ0n) is 11.7. The second-order valence-corrected chi connectivity index (χ2v) is 4.85. The Kier molecular flexibility index (Phi) is 3.91. The first-order valence-electron chi connectivity index (χ1n) is 6.80. The van der Waals surface area contributed by atoms with Crippen LogP contribution in [0, 0.1) is 0 Å². The highest BCUT2D eigenvalue weighted by Gasteiger charge is 2.19. The minimum absolute atomic E-state index is 0.00346. The molecule has 2 N–H and O–H groups in total. The number of hydrogen-bond acceptors (Lipinski definition) is 5. The third-order valence-corrected chi connectivity index (χ3v) is 3.26. The Morgan fingerprint density at radius 1 is 1.09 bits per heavy atom. The van der Waals surface area contributed by atoms with Crippen LogP contribution in [0.15, 0.2) is 69.0 Å². The normalized spacial score (nSPS) is 19.3. The Labute approximate surface area is 127 Å². The number of amidine groups is 1. The number of aromatic hydroxyl groups is 2. The van der Waals surface area contributed by atoms with E-state index in [9.17, 15) is 10.2 Å². The lowest BCUT2D eigenvalue weighted by Crippen LogP contribution is -1.95. The fourth-order valence-electron chi connectivity index (χ4n) is 2.11. The van der Waals surface area contributed by atoms with E-state index in [-0.39, 0.29) is 17.5 Å². The molecule has 2 aromatic rings. The Balaban J connectivity index is 1.67. The molecule has 1 unspecified atom stereocenters. The number of phenolic OH excluding ortho intramolecular Hbond substituents is 2. The van der Waals surface area contributed by atoms with Crippen LogP contribution in [0.4, 0.5) is 0 Å². The summed E-state index contributed by atoms with van der Waals surface area (Å²) >= 11 is 0. The second-order valence-electron chi connectivity index (χ2n) is 4.85. The molecule has 3 rings (SSSR count). The molecule has 0 saturated heterocycles. The molecule has 1 aliphatic heterocycles. The monoisotopic (exact) mass is 294 g/mol. The standard InChI is InChI=1S/C16H14N4O2/c21-13-7-6-12(15(22)8-13)10-17-19-16-9-14(18-20-16)11-4-2-1-3-5-11/h1-8,10,14,21-22H,9H2/b17-10+,19-16?. The highest BCUT2D eigenvalue weighted by molar-refractivity contribution is 5.87. The average Bonchev–Trinajstić information content (AvgIpc) is 2.99. The van der Waals surface area contributed by atoms with Gasteiger partial charge in [0.25, 0.3) is 0 Å². The topological polar surface area (TPSA) is 89.9 Å². The third kappa shape index (κ3) is 3.17. The van der Waals surface area contributed by atoms with Gasteiger partial charge >= 0.3 is 0 Å². The van der Waals surface area contributed by atoms with Crippen LogP contribution in [0.25, 0.3) is 0 Å². The molecule has 110 valence electrons. The minimum Gasteiger partial charge on any atom is -0.508 e. The largest absolute Gasteiger partial charge is 0.508 e. The third-order valence-electron chi connectivity index (χ3n) is 3.26. The molecule has 0 aliphatic carbocycles. The maximum Gasteiger partial charge on any atom is 0.175 e. The molecule has 0 saturated carbocycles. The Hall–Kier alpha value is -3.02. The lowest BCUT2D eigenvalue weighted by molar-refractivity contribution is 0.450. The van der Waals surface area contributed by atoms with Crippen molar-refractivity contribution >= 4 is 12.1 Å². The summed E-state index contributed by atoms with van der Waals surface area (Å²) in [7, 11) is 0. The van der Waals surface area contributed by atoms with Crippen LogP contribution in [-0.4, -0.2) is 22.3 Å². The molecule has 0 spiro atoms. The van der Waals surface area contributed by atoms with Crippen LogP contribution in [0.5, 0.6) is 11.5 Å². The van der Waals surface area contributed by atoms with Crippen LogP contribution >= 0.6 is 0 Å². The van der Waals surface area contributed by atoms with Gasteiger partial charge in [0, 0.05) is 18.1 Å². The molecule has 0 amide bonds. The molecule has 1 aliphatic rings. The van der Waals surface area contributed by atoms with Gasteiger partial charge < -0.3 is 10.2 Å². The van der Waals surface area contributed by atoms with Crippen LogP contribution < -0.4 is 0 Å². The van der Waals surface area contributed by atoms with E-state index in [1.807, 2.05) is 30.3 Å². The maximum absolute atomic E-state index is 9.63. The molecule has 1 atom stereocenters. The number of phenols is 2. The number of benzene rings is 2. The summed E-state index contributed by atoms with van der Waals surface area (Å²) in [5.41, 5.74) is 1.56. The first kappa shape index (κ1) is 13.9. The van der Waals surface area contributed by atoms with E-state index < -0.39 is 0 Å². The lowest BCUT2D eigenvalue weighted by atomic mass is 10.1. The van der Waals surface area contributed by atoms with Crippen molar-refractivity contribution in [2.45, 2.75) is 12.5 Å². The van der Waals surface area contributed by atoms with Crippen molar-refractivity contribution < 1.29 is 10.2 Å². The summed E-state index contributed by atoms with van der Waals surface area (Å²) in [6, 6.07) is 14.1. The molecular formula is C16H14N4O2. The predicted molar refractivity (Wildman–Crippen MR) is 83.5 cm³/mol. The molecule has 0 bridgehead atoms. The number of azo groups is 1. The van der Waals surface area contributed by atoms with E-state index in [0.29, 0.717) is 17.8 Å². The summed E-state index contributed by atoms with van der Waals surface area (Å²) in [6.07, 6.45) is 2.01. The first-order valence-corrected chi connectivity index (χ1v) is 6.80. The van der Waals surface area contributed by atoms with Crippen molar-refractivity contribution in [3.63, 3.8) is 0 Å². The molecule has 6 nitrogen and oxygen atoms in total. The highest BCUT2D eigenvalue weighted by atomic mass is 16.3. The average molecular weight is 294 g/mol. The van der Waals surface area contributed by atoms with E-state index in [2.05, 4.69) is 20.4 Å². The number of rotatable bonds is 3. The van der Waals surface area contributed by atoms with Gasteiger partial charge in [-0.3, -0.25) is 0 Å². The van der Waals surface area contributed by atoms with Crippen LogP contribution in [0.2, 0.25) is 0 Å². The van der Waals surface area contributed by atoms with Crippen molar-refractivity contribution in [2.24, 2.45) is 20.4 Å². The van der Waals surface area contributed by atoms with Gasteiger partial charge in [0.1, 0.15) is 17.5 Å². The fraction of sp³-hybridized carbons (Fsp3) is 0.125. The zero-order chi connectivity index (χ0) is 15.4. The van der Waals surface area contributed by atoms with Gasteiger partial charge in [-0.15, -0.1) is 10.2 Å². The van der Waals surface area contributed by atoms with Gasteiger partial charge in [-0.05, 0) is 17.7 Å².